The van der Waals surface area contributed by atoms with Gasteiger partial charge in [-0.1, -0.05) is 72.8 Å². The number of aliphatic imine (C=N–C) groups is 1. The fraction of sp³-hybridized carbons (Fsp3) is 0.192. The number of rotatable bonds is 5. The van der Waals surface area contributed by atoms with Gasteiger partial charge in [0.2, 0.25) is 0 Å². The van der Waals surface area contributed by atoms with E-state index in [4.69, 9.17) is 4.99 Å². The van der Waals surface area contributed by atoms with Crippen molar-refractivity contribution in [3.63, 3.8) is 0 Å². The number of hydrogen-bond donors (Lipinski definition) is 0. The van der Waals surface area contributed by atoms with Gasteiger partial charge in [0.25, 0.3) is 0 Å². The first kappa shape index (κ1) is 19.5. The molecule has 0 amide bonds. The van der Waals surface area contributed by atoms with Crippen LogP contribution in [0.5, 0.6) is 0 Å². The molecule has 1 atom stereocenters. The van der Waals surface area contributed by atoms with Gasteiger partial charge in [-0.15, -0.1) is 11.8 Å². The van der Waals surface area contributed by atoms with Crippen LogP contribution in [0.4, 0.5) is 5.69 Å². The summed E-state index contributed by atoms with van der Waals surface area (Å²) in [5.41, 5.74) is 6.08. The molecule has 3 aromatic carbocycles. The van der Waals surface area contributed by atoms with E-state index in [-0.39, 0.29) is 0 Å². The smallest absolute Gasteiger partial charge is 0.0668 e. The molecule has 0 N–H and O–H groups in total. The second-order valence-electron chi connectivity index (χ2n) is 7.25. The Morgan fingerprint density at radius 3 is 2.48 bits per heavy atom. The Labute approximate surface area is 178 Å². The molecular formula is C26H26N2S. The first-order valence-electron chi connectivity index (χ1n) is 10.1. The van der Waals surface area contributed by atoms with E-state index in [2.05, 4.69) is 110 Å². The molecule has 1 aliphatic rings. The fourth-order valence-electron chi connectivity index (χ4n) is 3.57. The van der Waals surface area contributed by atoms with E-state index in [1.54, 1.807) is 0 Å². The van der Waals surface area contributed by atoms with Crippen LogP contribution in [0.1, 0.15) is 28.9 Å². The number of hydrogen-bond acceptors (Lipinski definition) is 3. The zero-order chi connectivity index (χ0) is 20.1. The molecule has 146 valence electrons. The second-order valence-corrected chi connectivity index (χ2v) is 8.63. The third kappa shape index (κ3) is 4.63. The maximum absolute atomic E-state index is 4.85. The van der Waals surface area contributed by atoms with E-state index in [1.165, 1.54) is 27.3 Å². The molecule has 3 aromatic rings. The van der Waals surface area contributed by atoms with Crippen LogP contribution in [0.15, 0.2) is 94.8 Å². The minimum absolute atomic E-state index is 0.398. The third-order valence-electron chi connectivity index (χ3n) is 5.22. The lowest BCUT2D eigenvalue weighted by Crippen LogP contribution is -2.20. The van der Waals surface area contributed by atoms with Gasteiger partial charge in [0.1, 0.15) is 0 Å². The standard InChI is InChI=1S/C26H26N2S/c1-20(21-10-4-3-5-11-21)29-26-15-9-6-12-22(26)16-17-24-23-13-7-8-14-25(23)28(2)19-18-27-24/h3-17,20H,18-19H2,1-2H3. The van der Waals surface area contributed by atoms with Crippen molar-refractivity contribution in [1.29, 1.82) is 0 Å². The summed E-state index contributed by atoms with van der Waals surface area (Å²) in [4.78, 5) is 8.42. The van der Waals surface area contributed by atoms with Gasteiger partial charge in [0, 0.05) is 35.0 Å². The molecule has 0 bridgehead atoms. The highest BCUT2D eigenvalue weighted by Crippen LogP contribution is 2.37. The summed E-state index contributed by atoms with van der Waals surface area (Å²) in [6.45, 7) is 4.02. The first-order chi connectivity index (χ1) is 14.2. The summed E-state index contributed by atoms with van der Waals surface area (Å²) < 4.78 is 0. The molecule has 0 saturated carbocycles. The summed E-state index contributed by atoms with van der Waals surface area (Å²) in [6, 6.07) is 27.8. The summed E-state index contributed by atoms with van der Waals surface area (Å²) in [5, 5.41) is 0.398. The zero-order valence-corrected chi connectivity index (χ0v) is 17.8. The summed E-state index contributed by atoms with van der Waals surface area (Å²) in [7, 11) is 2.14. The van der Waals surface area contributed by atoms with Crippen molar-refractivity contribution < 1.29 is 0 Å². The molecule has 4 rings (SSSR count). The maximum Gasteiger partial charge on any atom is 0.0668 e. The average Bonchev–Trinajstić information content (AvgIpc) is 2.93. The van der Waals surface area contributed by atoms with Gasteiger partial charge < -0.3 is 4.90 Å². The van der Waals surface area contributed by atoms with Crippen molar-refractivity contribution in [2.24, 2.45) is 4.99 Å². The van der Waals surface area contributed by atoms with Crippen LogP contribution in [0.3, 0.4) is 0 Å². The highest BCUT2D eigenvalue weighted by Gasteiger charge is 2.14. The summed E-state index contributed by atoms with van der Waals surface area (Å²) in [5.74, 6) is 0. The number of anilines is 1. The fourth-order valence-corrected chi connectivity index (χ4v) is 4.67. The number of thioether (sulfide) groups is 1. The molecule has 0 spiro atoms. The van der Waals surface area contributed by atoms with Gasteiger partial charge in [-0.05, 0) is 36.3 Å². The molecule has 2 nitrogen and oxygen atoms in total. The van der Waals surface area contributed by atoms with E-state index in [0.717, 1.165) is 18.8 Å². The van der Waals surface area contributed by atoms with Gasteiger partial charge in [-0.2, -0.15) is 0 Å². The third-order valence-corrected chi connectivity index (χ3v) is 6.47. The van der Waals surface area contributed by atoms with Gasteiger partial charge in [0.05, 0.1) is 12.3 Å². The Hall–Kier alpha value is -2.78. The Kier molecular flexibility index (Phi) is 6.16. The molecule has 0 fully saturated rings. The van der Waals surface area contributed by atoms with Crippen molar-refractivity contribution in [2.75, 3.05) is 25.0 Å². The average molecular weight is 399 g/mol. The van der Waals surface area contributed by atoms with Crippen LogP contribution in [-0.4, -0.2) is 25.8 Å². The zero-order valence-electron chi connectivity index (χ0n) is 17.0. The quantitative estimate of drug-likeness (QED) is 0.456. The molecule has 29 heavy (non-hydrogen) atoms. The minimum Gasteiger partial charge on any atom is -0.372 e. The number of fused-ring (bicyclic) bond motifs is 1. The Morgan fingerprint density at radius 2 is 1.62 bits per heavy atom. The van der Waals surface area contributed by atoms with Crippen molar-refractivity contribution >= 4 is 29.2 Å². The molecule has 1 heterocycles. The Morgan fingerprint density at radius 1 is 0.897 bits per heavy atom. The van der Waals surface area contributed by atoms with Gasteiger partial charge in [-0.25, -0.2) is 0 Å². The highest BCUT2D eigenvalue weighted by atomic mass is 32.2. The van der Waals surface area contributed by atoms with Crippen LogP contribution in [0, 0.1) is 0 Å². The highest BCUT2D eigenvalue weighted by molar-refractivity contribution is 7.99. The lowest BCUT2D eigenvalue weighted by molar-refractivity contribution is 0.897. The number of likely N-dealkylation sites (N-methyl/N-ethyl adjacent to an activating group) is 1. The van der Waals surface area contributed by atoms with Gasteiger partial charge in [0.15, 0.2) is 0 Å². The largest absolute Gasteiger partial charge is 0.372 e. The monoisotopic (exact) mass is 398 g/mol. The van der Waals surface area contributed by atoms with Crippen LogP contribution in [0.2, 0.25) is 0 Å². The lowest BCUT2D eigenvalue weighted by Gasteiger charge is -2.18. The van der Waals surface area contributed by atoms with Crippen molar-refractivity contribution in [1.82, 2.24) is 0 Å². The molecule has 0 aliphatic carbocycles. The van der Waals surface area contributed by atoms with E-state index in [9.17, 15) is 0 Å². The van der Waals surface area contributed by atoms with Crippen molar-refractivity contribution in [3.8, 4) is 0 Å². The number of benzene rings is 3. The van der Waals surface area contributed by atoms with E-state index in [1.807, 2.05) is 11.8 Å². The Balaban J connectivity index is 1.60. The number of para-hydroxylation sites is 1. The van der Waals surface area contributed by atoms with Crippen LogP contribution < -0.4 is 4.90 Å². The van der Waals surface area contributed by atoms with E-state index >= 15 is 0 Å². The number of benzodiazepines with no additional fused rings is 1. The minimum atomic E-state index is 0.398. The predicted molar refractivity (Wildman–Crippen MR) is 127 cm³/mol. The summed E-state index contributed by atoms with van der Waals surface area (Å²) >= 11 is 1.90. The second kappa shape index (κ2) is 9.15. The normalized spacial score (nSPS) is 15.0. The molecule has 1 aliphatic heterocycles. The lowest BCUT2D eigenvalue weighted by atomic mass is 10.1. The van der Waals surface area contributed by atoms with Crippen LogP contribution >= 0.6 is 11.8 Å². The predicted octanol–water partition coefficient (Wildman–Crippen LogP) is 6.49. The number of allylic oxidation sites excluding steroid dienone is 1. The SMILES string of the molecule is CC(Sc1ccccc1C=CC1=NCCN(C)c2ccccc21)c1ccccc1. The topological polar surface area (TPSA) is 15.6 Å². The molecule has 0 aromatic heterocycles. The first-order valence-corrected chi connectivity index (χ1v) is 10.9. The van der Waals surface area contributed by atoms with Crippen molar-refractivity contribution in [2.45, 2.75) is 17.1 Å². The van der Waals surface area contributed by atoms with E-state index in [0.29, 0.717) is 5.25 Å². The van der Waals surface area contributed by atoms with Crippen LogP contribution in [-0.2, 0) is 0 Å². The molecule has 1 unspecified atom stereocenters. The van der Waals surface area contributed by atoms with E-state index < -0.39 is 0 Å². The molecule has 0 saturated heterocycles. The van der Waals surface area contributed by atoms with Gasteiger partial charge >= 0.3 is 0 Å². The van der Waals surface area contributed by atoms with Crippen molar-refractivity contribution in [3.05, 3.63) is 102 Å². The summed E-state index contributed by atoms with van der Waals surface area (Å²) in [6.07, 6.45) is 4.38. The molecule has 3 heteroatoms. The van der Waals surface area contributed by atoms with Gasteiger partial charge in [-0.3, -0.25) is 4.99 Å². The molecule has 0 radical (unpaired) electrons. The molecular weight excluding hydrogens is 372 g/mol. The Bertz CT molecular complexity index is 1020. The number of nitrogens with zero attached hydrogens (tertiary/aromatic N) is 2. The maximum atomic E-state index is 4.85. The van der Waals surface area contributed by atoms with Crippen LogP contribution in [0.25, 0.3) is 6.08 Å².